The Morgan fingerprint density at radius 2 is 2.04 bits per heavy atom. The first-order chi connectivity index (χ1) is 12.3. The molecule has 2 aromatic rings. The number of aromatic carboxylic acids is 1. The quantitative estimate of drug-likeness (QED) is 0.878. The van der Waals surface area contributed by atoms with E-state index in [1.54, 1.807) is 6.92 Å². The van der Waals surface area contributed by atoms with E-state index in [0.717, 1.165) is 12.8 Å². The normalized spacial score (nSPS) is 23.0. The zero-order valence-electron chi connectivity index (χ0n) is 14.8. The van der Waals surface area contributed by atoms with Gasteiger partial charge in [-0.1, -0.05) is 6.92 Å². The third-order valence-electron chi connectivity index (χ3n) is 5.64. The van der Waals surface area contributed by atoms with Gasteiger partial charge in [-0.25, -0.2) is 9.18 Å². The molecule has 2 fully saturated rings. The number of aromatic nitrogens is 1. The highest BCUT2D eigenvalue weighted by Gasteiger charge is 2.32. The highest BCUT2D eigenvalue weighted by molar-refractivity contribution is 5.95. The van der Waals surface area contributed by atoms with Crippen LogP contribution in [0.15, 0.2) is 17.1 Å². The van der Waals surface area contributed by atoms with Crippen molar-refractivity contribution in [2.24, 2.45) is 11.7 Å². The van der Waals surface area contributed by atoms with Crippen molar-refractivity contribution in [3.63, 3.8) is 0 Å². The van der Waals surface area contributed by atoms with E-state index in [1.807, 2.05) is 16.4 Å². The van der Waals surface area contributed by atoms with Crippen molar-refractivity contribution in [1.29, 1.82) is 0 Å². The van der Waals surface area contributed by atoms with Crippen molar-refractivity contribution >= 4 is 22.6 Å². The van der Waals surface area contributed by atoms with Crippen molar-refractivity contribution in [1.82, 2.24) is 4.57 Å². The van der Waals surface area contributed by atoms with Crippen LogP contribution >= 0.6 is 0 Å². The molecule has 1 aromatic carbocycles. The Hall–Kier alpha value is -2.41. The number of carbonyl (C=O) groups is 1. The lowest BCUT2D eigenvalue weighted by Gasteiger charge is -2.24. The molecule has 2 unspecified atom stereocenters. The molecule has 138 valence electrons. The highest BCUT2D eigenvalue weighted by Crippen LogP contribution is 2.40. The first-order valence-corrected chi connectivity index (χ1v) is 8.91. The van der Waals surface area contributed by atoms with Crippen molar-refractivity contribution in [2.45, 2.75) is 38.8 Å². The number of benzene rings is 1. The molecule has 1 saturated heterocycles. The Labute approximate surface area is 150 Å². The second-order valence-corrected chi connectivity index (χ2v) is 7.59. The van der Waals surface area contributed by atoms with E-state index in [9.17, 15) is 19.1 Å². The minimum absolute atomic E-state index is 0.0236. The predicted octanol–water partition coefficient (Wildman–Crippen LogP) is 2.27. The fourth-order valence-electron chi connectivity index (χ4n) is 4.03. The van der Waals surface area contributed by atoms with E-state index in [4.69, 9.17) is 5.73 Å². The van der Waals surface area contributed by atoms with Gasteiger partial charge in [-0.3, -0.25) is 4.79 Å². The van der Waals surface area contributed by atoms with E-state index in [0.29, 0.717) is 29.9 Å². The first-order valence-electron chi connectivity index (χ1n) is 8.91. The lowest BCUT2D eigenvalue weighted by Crippen LogP contribution is -2.29. The monoisotopic (exact) mass is 359 g/mol. The van der Waals surface area contributed by atoms with E-state index < -0.39 is 17.2 Å². The summed E-state index contributed by atoms with van der Waals surface area (Å²) in [7, 11) is 0. The number of nitrogens with zero attached hydrogens (tertiary/aromatic N) is 2. The number of rotatable bonds is 3. The van der Waals surface area contributed by atoms with Crippen LogP contribution in [-0.2, 0) is 0 Å². The SMILES string of the molecule is Cc1c(N2CC(C)C(N)C2)c(F)cc2c(=O)c(C(=O)O)cn(C3CC3)c12. The average molecular weight is 359 g/mol. The zero-order valence-corrected chi connectivity index (χ0v) is 14.8. The van der Waals surface area contributed by atoms with Crippen LogP contribution < -0.4 is 16.1 Å². The maximum atomic E-state index is 15.0. The Balaban J connectivity index is 2.00. The summed E-state index contributed by atoms with van der Waals surface area (Å²) in [5, 5.41) is 9.48. The molecule has 1 aliphatic carbocycles. The smallest absolute Gasteiger partial charge is 0.341 e. The molecule has 2 heterocycles. The number of nitrogens with two attached hydrogens (primary N) is 1. The molecule has 0 radical (unpaired) electrons. The molecule has 3 N–H and O–H groups in total. The number of halogens is 1. The molecule has 7 heteroatoms. The van der Waals surface area contributed by atoms with Gasteiger partial charge in [-0.15, -0.1) is 0 Å². The van der Waals surface area contributed by atoms with E-state index in [2.05, 4.69) is 0 Å². The lowest BCUT2D eigenvalue weighted by molar-refractivity contribution is 0.0695. The molecule has 1 aromatic heterocycles. The van der Waals surface area contributed by atoms with Gasteiger partial charge < -0.3 is 20.3 Å². The van der Waals surface area contributed by atoms with Crippen LogP contribution in [0, 0.1) is 18.7 Å². The van der Waals surface area contributed by atoms with Crippen LogP contribution in [0.3, 0.4) is 0 Å². The summed E-state index contributed by atoms with van der Waals surface area (Å²) in [5.74, 6) is -1.53. The number of fused-ring (bicyclic) bond motifs is 1. The summed E-state index contributed by atoms with van der Waals surface area (Å²) < 4.78 is 16.8. The van der Waals surface area contributed by atoms with Crippen molar-refractivity contribution in [3.8, 4) is 0 Å². The van der Waals surface area contributed by atoms with E-state index >= 15 is 0 Å². The highest BCUT2D eigenvalue weighted by atomic mass is 19.1. The van der Waals surface area contributed by atoms with Crippen LogP contribution in [0.4, 0.5) is 10.1 Å². The van der Waals surface area contributed by atoms with Gasteiger partial charge in [-0.05, 0) is 37.3 Å². The van der Waals surface area contributed by atoms with Crippen LogP contribution in [-0.4, -0.2) is 34.8 Å². The third kappa shape index (κ3) is 2.49. The molecule has 1 aliphatic heterocycles. The molecule has 4 rings (SSSR count). The molecule has 0 amide bonds. The number of hydrogen-bond donors (Lipinski definition) is 2. The average Bonchev–Trinajstić information content (AvgIpc) is 3.35. The van der Waals surface area contributed by atoms with Crippen LogP contribution in [0.2, 0.25) is 0 Å². The molecular weight excluding hydrogens is 337 g/mol. The molecular formula is C19H22FN3O3. The summed E-state index contributed by atoms with van der Waals surface area (Å²) in [4.78, 5) is 26.0. The number of hydrogen-bond acceptors (Lipinski definition) is 4. The van der Waals surface area contributed by atoms with Gasteiger partial charge in [0.2, 0.25) is 5.43 Å². The summed E-state index contributed by atoms with van der Waals surface area (Å²) in [5.41, 5.74) is 6.92. The predicted molar refractivity (Wildman–Crippen MR) is 97.5 cm³/mol. The van der Waals surface area contributed by atoms with Crippen molar-refractivity contribution < 1.29 is 14.3 Å². The summed E-state index contributed by atoms with van der Waals surface area (Å²) >= 11 is 0. The van der Waals surface area contributed by atoms with E-state index in [-0.39, 0.29) is 29.0 Å². The van der Waals surface area contributed by atoms with Gasteiger partial charge in [0.25, 0.3) is 0 Å². The fourth-order valence-corrected chi connectivity index (χ4v) is 4.03. The lowest BCUT2D eigenvalue weighted by atomic mass is 10.0. The number of pyridine rings is 1. The van der Waals surface area contributed by atoms with E-state index in [1.165, 1.54) is 12.3 Å². The Morgan fingerprint density at radius 3 is 2.58 bits per heavy atom. The molecule has 0 bridgehead atoms. The fraction of sp³-hybridized carbons (Fsp3) is 0.474. The molecule has 2 aliphatic rings. The molecule has 26 heavy (non-hydrogen) atoms. The number of anilines is 1. The van der Waals surface area contributed by atoms with Crippen LogP contribution in [0.5, 0.6) is 0 Å². The maximum absolute atomic E-state index is 15.0. The number of carboxylic acids is 1. The maximum Gasteiger partial charge on any atom is 0.341 e. The van der Waals surface area contributed by atoms with Gasteiger partial charge in [0, 0.05) is 36.8 Å². The van der Waals surface area contributed by atoms with Gasteiger partial charge in [0.1, 0.15) is 11.4 Å². The zero-order chi connectivity index (χ0) is 18.7. The van der Waals surface area contributed by atoms with Gasteiger partial charge in [0.15, 0.2) is 0 Å². The first kappa shape index (κ1) is 17.0. The Kier molecular flexibility index (Phi) is 3.80. The van der Waals surface area contributed by atoms with Gasteiger partial charge in [0.05, 0.1) is 11.2 Å². The third-order valence-corrected chi connectivity index (χ3v) is 5.64. The minimum atomic E-state index is -1.28. The van der Waals surface area contributed by atoms with Crippen molar-refractivity contribution in [2.75, 3.05) is 18.0 Å². The van der Waals surface area contributed by atoms with Crippen LogP contribution in [0.1, 0.15) is 41.7 Å². The summed E-state index contributed by atoms with van der Waals surface area (Å²) in [6.07, 6.45) is 3.27. The molecule has 2 atom stereocenters. The van der Waals surface area contributed by atoms with Crippen LogP contribution in [0.25, 0.3) is 10.9 Å². The Morgan fingerprint density at radius 1 is 1.35 bits per heavy atom. The molecule has 0 spiro atoms. The van der Waals surface area contributed by atoms with Gasteiger partial charge in [-0.2, -0.15) is 0 Å². The minimum Gasteiger partial charge on any atom is -0.477 e. The summed E-state index contributed by atoms with van der Waals surface area (Å²) in [6, 6.07) is 1.33. The number of carboxylic acid groups (broad SMARTS) is 1. The summed E-state index contributed by atoms with van der Waals surface area (Å²) in [6.45, 7) is 5.06. The molecule has 1 saturated carbocycles. The topological polar surface area (TPSA) is 88.6 Å². The van der Waals surface area contributed by atoms with Gasteiger partial charge >= 0.3 is 5.97 Å². The van der Waals surface area contributed by atoms with Crippen molar-refractivity contribution in [3.05, 3.63) is 39.4 Å². The Bertz CT molecular complexity index is 970. The molecule has 6 nitrogen and oxygen atoms in total. The second kappa shape index (κ2) is 5.81. The second-order valence-electron chi connectivity index (χ2n) is 7.59. The largest absolute Gasteiger partial charge is 0.477 e. The standard InChI is InChI=1S/C19H22FN3O3/c1-9-6-22(8-15(9)21)17-10(2)16-12(5-14(17)20)18(24)13(19(25)26)7-23(16)11-3-4-11/h5,7,9,11,15H,3-4,6,8,21H2,1-2H3,(H,25,26). The number of aryl methyl sites for hydroxylation is 1.